The van der Waals surface area contributed by atoms with Gasteiger partial charge in [0, 0.05) is 15.0 Å². The first-order chi connectivity index (χ1) is 9.26. The number of hydrogen-bond donors (Lipinski definition) is 1. The SMILES string of the molecule is N#Cc1cc(Br)cc(NC2CCCc3sccc32)c1. The van der Waals surface area contributed by atoms with Gasteiger partial charge in [0.2, 0.25) is 0 Å². The van der Waals surface area contributed by atoms with Crippen LogP contribution in [0.3, 0.4) is 0 Å². The fourth-order valence-corrected chi connectivity index (χ4v) is 4.06. The summed E-state index contributed by atoms with van der Waals surface area (Å²) in [4.78, 5) is 1.50. The van der Waals surface area contributed by atoms with E-state index in [2.05, 4.69) is 38.8 Å². The summed E-state index contributed by atoms with van der Waals surface area (Å²) in [5.74, 6) is 0. The van der Waals surface area contributed by atoms with Crippen LogP contribution in [0.1, 0.15) is 34.9 Å². The maximum atomic E-state index is 9.02. The fraction of sp³-hybridized carbons (Fsp3) is 0.267. The Balaban J connectivity index is 1.87. The number of nitrogens with zero attached hydrogens (tertiary/aromatic N) is 1. The molecule has 0 amide bonds. The molecule has 2 aromatic rings. The quantitative estimate of drug-likeness (QED) is 0.851. The fourth-order valence-electron chi connectivity index (χ4n) is 2.58. The van der Waals surface area contributed by atoms with E-state index >= 15 is 0 Å². The Kier molecular flexibility index (Phi) is 3.58. The van der Waals surface area contributed by atoms with Gasteiger partial charge in [-0.25, -0.2) is 0 Å². The topological polar surface area (TPSA) is 35.8 Å². The average molecular weight is 333 g/mol. The number of nitriles is 1. The summed E-state index contributed by atoms with van der Waals surface area (Å²) in [5, 5.41) is 14.8. The van der Waals surface area contributed by atoms with Gasteiger partial charge >= 0.3 is 0 Å². The van der Waals surface area contributed by atoms with Crippen LogP contribution in [-0.4, -0.2) is 0 Å². The molecule has 1 atom stereocenters. The van der Waals surface area contributed by atoms with Gasteiger partial charge in [-0.3, -0.25) is 0 Å². The Bertz CT molecular complexity index is 642. The number of aryl methyl sites for hydroxylation is 1. The molecule has 4 heteroatoms. The van der Waals surface area contributed by atoms with Crippen molar-refractivity contribution in [2.24, 2.45) is 0 Å². The highest BCUT2D eigenvalue weighted by molar-refractivity contribution is 9.10. The van der Waals surface area contributed by atoms with Crippen molar-refractivity contribution < 1.29 is 0 Å². The molecular formula is C15H13BrN2S. The standard InChI is InChI=1S/C15H13BrN2S/c16-11-6-10(9-17)7-12(8-11)18-14-2-1-3-15-13(14)4-5-19-15/h4-8,14,18H,1-3H2. The van der Waals surface area contributed by atoms with Crippen LogP contribution in [0.25, 0.3) is 0 Å². The van der Waals surface area contributed by atoms with E-state index in [-0.39, 0.29) is 0 Å². The summed E-state index contributed by atoms with van der Waals surface area (Å²) in [7, 11) is 0. The van der Waals surface area contributed by atoms with Crippen LogP contribution in [0.15, 0.2) is 34.1 Å². The molecule has 0 bridgehead atoms. The number of anilines is 1. The number of halogens is 1. The highest BCUT2D eigenvalue weighted by Gasteiger charge is 2.21. The number of fused-ring (bicyclic) bond motifs is 1. The predicted molar refractivity (Wildman–Crippen MR) is 82.5 cm³/mol. The molecule has 1 unspecified atom stereocenters. The third kappa shape index (κ3) is 2.68. The molecule has 0 aliphatic heterocycles. The number of thiophene rings is 1. The molecule has 0 spiro atoms. The number of hydrogen-bond acceptors (Lipinski definition) is 3. The molecule has 1 heterocycles. The van der Waals surface area contributed by atoms with Gasteiger partial charge in [-0.15, -0.1) is 11.3 Å². The lowest BCUT2D eigenvalue weighted by atomic mass is 9.94. The summed E-state index contributed by atoms with van der Waals surface area (Å²) in [6.45, 7) is 0. The Morgan fingerprint density at radius 1 is 1.37 bits per heavy atom. The van der Waals surface area contributed by atoms with Crippen LogP contribution < -0.4 is 5.32 Å². The summed E-state index contributed by atoms with van der Waals surface area (Å²) in [6, 6.07) is 10.6. The van der Waals surface area contributed by atoms with E-state index < -0.39 is 0 Å². The largest absolute Gasteiger partial charge is 0.378 e. The van der Waals surface area contributed by atoms with Crippen molar-refractivity contribution >= 4 is 33.0 Å². The van der Waals surface area contributed by atoms with Crippen LogP contribution in [0, 0.1) is 11.3 Å². The first-order valence-corrected chi connectivity index (χ1v) is 7.97. The maximum absolute atomic E-state index is 9.02. The normalized spacial score (nSPS) is 17.6. The second kappa shape index (κ2) is 5.36. The van der Waals surface area contributed by atoms with Crippen LogP contribution in [0.4, 0.5) is 5.69 Å². The van der Waals surface area contributed by atoms with Crippen molar-refractivity contribution in [3.8, 4) is 6.07 Å². The first-order valence-electron chi connectivity index (χ1n) is 6.30. The third-order valence-corrected chi connectivity index (χ3v) is 4.87. The molecule has 0 radical (unpaired) electrons. The third-order valence-electron chi connectivity index (χ3n) is 3.42. The van der Waals surface area contributed by atoms with Gasteiger partial charge in [-0.2, -0.15) is 5.26 Å². The molecule has 0 fully saturated rings. The lowest BCUT2D eigenvalue weighted by Gasteiger charge is -2.25. The Morgan fingerprint density at radius 2 is 2.26 bits per heavy atom. The minimum absolute atomic E-state index is 0.371. The van der Waals surface area contributed by atoms with Crippen molar-refractivity contribution in [3.05, 3.63) is 50.1 Å². The van der Waals surface area contributed by atoms with Gasteiger partial charge < -0.3 is 5.32 Å². The average Bonchev–Trinajstić information content (AvgIpc) is 2.87. The Labute approximate surface area is 125 Å². The smallest absolute Gasteiger partial charge is 0.0992 e. The molecule has 96 valence electrons. The summed E-state index contributed by atoms with van der Waals surface area (Å²) < 4.78 is 0.940. The molecule has 1 aromatic carbocycles. The number of benzene rings is 1. The number of rotatable bonds is 2. The minimum Gasteiger partial charge on any atom is -0.378 e. The second-order valence-electron chi connectivity index (χ2n) is 4.73. The van der Waals surface area contributed by atoms with Crippen LogP contribution in [0.5, 0.6) is 0 Å². The first kappa shape index (κ1) is 12.7. The van der Waals surface area contributed by atoms with Crippen molar-refractivity contribution in [2.45, 2.75) is 25.3 Å². The molecule has 1 aliphatic rings. The highest BCUT2D eigenvalue weighted by atomic mass is 79.9. The van der Waals surface area contributed by atoms with Crippen LogP contribution in [-0.2, 0) is 6.42 Å². The van der Waals surface area contributed by atoms with E-state index in [1.54, 1.807) is 0 Å². The monoisotopic (exact) mass is 332 g/mol. The van der Waals surface area contributed by atoms with Crippen LogP contribution >= 0.6 is 27.3 Å². The zero-order valence-corrected chi connectivity index (χ0v) is 12.7. The molecule has 0 saturated carbocycles. The van der Waals surface area contributed by atoms with E-state index in [0.717, 1.165) is 16.6 Å². The van der Waals surface area contributed by atoms with E-state index in [1.807, 2.05) is 29.5 Å². The molecule has 2 nitrogen and oxygen atoms in total. The van der Waals surface area contributed by atoms with Crippen LogP contribution in [0.2, 0.25) is 0 Å². The molecule has 19 heavy (non-hydrogen) atoms. The lowest BCUT2D eigenvalue weighted by molar-refractivity contribution is 0.609. The lowest BCUT2D eigenvalue weighted by Crippen LogP contribution is -2.15. The molecule has 1 aromatic heterocycles. The summed E-state index contributed by atoms with van der Waals surface area (Å²) in [6.07, 6.45) is 3.58. The van der Waals surface area contributed by atoms with Gasteiger partial charge in [0.1, 0.15) is 0 Å². The second-order valence-corrected chi connectivity index (χ2v) is 6.64. The van der Waals surface area contributed by atoms with Crippen molar-refractivity contribution in [3.63, 3.8) is 0 Å². The maximum Gasteiger partial charge on any atom is 0.0992 e. The molecule has 0 saturated heterocycles. The van der Waals surface area contributed by atoms with Crippen molar-refractivity contribution in [2.75, 3.05) is 5.32 Å². The molecule has 1 N–H and O–H groups in total. The van der Waals surface area contributed by atoms with Gasteiger partial charge in [0.05, 0.1) is 17.7 Å². The summed E-state index contributed by atoms with van der Waals surface area (Å²) >= 11 is 5.30. The zero-order valence-electron chi connectivity index (χ0n) is 10.3. The number of nitrogens with one attached hydrogen (secondary N) is 1. The Hall–Kier alpha value is -1.31. The predicted octanol–water partition coefficient (Wildman–Crippen LogP) is 4.87. The van der Waals surface area contributed by atoms with Crippen molar-refractivity contribution in [1.29, 1.82) is 5.26 Å². The van der Waals surface area contributed by atoms with Crippen molar-refractivity contribution in [1.82, 2.24) is 0 Å². The highest BCUT2D eigenvalue weighted by Crippen LogP contribution is 2.36. The molecular weight excluding hydrogens is 320 g/mol. The summed E-state index contributed by atoms with van der Waals surface area (Å²) in [5.41, 5.74) is 3.11. The van der Waals surface area contributed by atoms with E-state index in [0.29, 0.717) is 11.6 Å². The van der Waals surface area contributed by atoms with Gasteiger partial charge in [-0.05, 0) is 54.5 Å². The zero-order chi connectivity index (χ0) is 13.2. The van der Waals surface area contributed by atoms with Gasteiger partial charge in [-0.1, -0.05) is 15.9 Å². The molecule has 1 aliphatic carbocycles. The van der Waals surface area contributed by atoms with Gasteiger partial charge in [0.25, 0.3) is 0 Å². The Morgan fingerprint density at radius 3 is 3.11 bits per heavy atom. The van der Waals surface area contributed by atoms with E-state index in [1.165, 1.54) is 23.3 Å². The van der Waals surface area contributed by atoms with E-state index in [4.69, 9.17) is 5.26 Å². The minimum atomic E-state index is 0.371. The van der Waals surface area contributed by atoms with Gasteiger partial charge in [0.15, 0.2) is 0 Å². The molecule has 3 rings (SSSR count). The van der Waals surface area contributed by atoms with E-state index in [9.17, 15) is 0 Å².